The summed E-state index contributed by atoms with van der Waals surface area (Å²) in [6.45, 7) is 11.5. The molecule has 0 spiro atoms. The average Bonchev–Trinajstić information content (AvgIpc) is 2.82. The van der Waals surface area contributed by atoms with Crippen LogP contribution < -0.4 is 5.32 Å². The number of nitrogens with zero attached hydrogens (tertiary/aromatic N) is 3. The molecule has 2 aromatic heterocycles. The Hall–Kier alpha value is -1.49. The van der Waals surface area contributed by atoms with Gasteiger partial charge in [-0.3, -0.25) is 0 Å². The first-order valence-corrected chi connectivity index (χ1v) is 7.84. The summed E-state index contributed by atoms with van der Waals surface area (Å²) in [6, 6.07) is 2.04. The van der Waals surface area contributed by atoms with E-state index in [0.717, 1.165) is 35.2 Å². The van der Waals surface area contributed by atoms with Crippen molar-refractivity contribution in [2.24, 2.45) is 0 Å². The zero-order valence-electron chi connectivity index (χ0n) is 12.8. The van der Waals surface area contributed by atoms with Crippen LogP contribution in [0.5, 0.6) is 0 Å². The first kappa shape index (κ1) is 14.9. The molecule has 108 valence electrons. The summed E-state index contributed by atoms with van der Waals surface area (Å²) in [5.41, 5.74) is 2.04. The standard InChI is InChI=1S/C15H22N4S/c1-6-7-16-12-8-11(15(3,4)5)18-13(19-12)14-17-10(2)9-20-14/h8-9H,6-7H2,1-5H3,(H,16,18,19). The molecule has 0 bridgehead atoms. The third-order valence-electron chi connectivity index (χ3n) is 2.86. The van der Waals surface area contributed by atoms with Crippen molar-refractivity contribution >= 4 is 17.2 Å². The number of anilines is 1. The van der Waals surface area contributed by atoms with Crippen molar-refractivity contribution in [1.82, 2.24) is 15.0 Å². The molecular weight excluding hydrogens is 268 g/mol. The minimum absolute atomic E-state index is 0.00730. The molecule has 0 aliphatic rings. The molecule has 0 amide bonds. The van der Waals surface area contributed by atoms with E-state index in [0.29, 0.717) is 5.82 Å². The van der Waals surface area contributed by atoms with Gasteiger partial charge in [0, 0.05) is 29.1 Å². The number of rotatable bonds is 4. The Bertz CT molecular complexity index is 584. The summed E-state index contributed by atoms with van der Waals surface area (Å²) < 4.78 is 0. The number of hydrogen-bond acceptors (Lipinski definition) is 5. The van der Waals surface area contributed by atoms with Crippen molar-refractivity contribution in [3.05, 3.63) is 22.8 Å². The third-order valence-corrected chi connectivity index (χ3v) is 3.82. The number of aromatic nitrogens is 3. The number of aryl methyl sites for hydroxylation is 1. The smallest absolute Gasteiger partial charge is 0.190 e. The SMILES string of the molecule is CCCNc1cc(C(C)(C)C)nc(-c2nc(C)cs2)n1. The Labute approximate surface area is 124 Å². The van der Waals surface area contributed by atoms with Crippen molar-refractivity contribution < 1.29 is 0 Å². The van der Waals surface area contributed by atoms with E-state index in [9.17, 15) is 0 Å². The monoisotopic (exact) mass is 290 g/mol. The maximum atomic E-state index is 4.69. The highest BCUT2D eigenvalue weighted by molar-refractivity contribution is 7.13. The fourth-order valence-corrected chi connectivity index (χ4v) is 2.46. The van der Waals surface area contributed by atoms with Crippen LogP contribution in [0.4, 0.5) is 5.82 Å². The van der Waals surface area contributed by atoms with Crippen molar-refractivity contribution in [1.29, 1.82) is 0 Å². The summed E-state index contributed by atoms with van der Waals surface area (Å²) in [4.78, 5) is 13.8. The maximum Gasteiger partial charge on any atom is 0.190 e. The molecule has 20 heavy (non-hydrogen) atoms. The zero-order chi connectivity index (χ0) is 14.8. The lowest BCUT2D eigenvalue weighted by atomic mass is 9.92. The molecule has 4 nitrogen and oxygen atoms in total. The van der Waals surface area contributed by atoms with Gasteiger partial charge in [0.05, 0.1) is 5.69 Å². The average molecular weight is 290 g/mol. The number of nitrogens with one attached hydrogen (secondary N) is 1. The van der Waals surface area contributed by atoms with Gasteiger partial charge >= 0.3 is 0 Å². The second-order valence-electron chi connectivity index (χ2n) is 5.93. The van der Waals surface area contributed by atoms with Crippen LogP contribution in [-0.2, 0) is 5.41 Å². The van der Waals surface area contributed by atoms with Crippen LogP contribution in [0.3, 0.4) is 0 Å². The van der Waals surface area contributed by atoms with E-state index in [1.807, 2.05) is 18.4 Å². The Morgan fingerprint density at radius 1 is 1.20 bits per heavy atom. The molecule has 0 aromatic carbocycles. The van der Waals surface area contributed by atoms with Gasteiger partial charge in [0.15, 0.2) is 10.8 Å². The maximum absolute atomic E-state index is 4.69. The zero-order valence-corrected chi connectivity index (χ0v) is 13.6. The van der Waals surface area contributed by atoms with E-state index in [4.69, 9.17) is 4.98 Å². The van der Waals surface area contributed by atoms with Crippen LogP contribution in [0.1, 0.15) is 45.5 Å². The molecule has 0 radical (unpaired) electrons. The van der Waals surface area contributed by atoms with Crippen LogP contribution in [0, 0.1) is 6.92 Å². The fraction of sp³-hybridized carbons (Fsp3) is 0.533. The topological polar surface area (TPSA) is 50.7 Å². The van der Waals surface area contributed by atoms with Crippen molar-refractivity contribution in [2.45, 2.75) is 46.5 Å². The van der Waals surface area contributed by atoms with E-state index < -0.39 is 0 Å². The Kier molecular flexibility index (Phi) is 4.38. The van der Waals surface area contributed by atoms with Crippen LogP contribution >= 0.6 is 11.3 Å². The van der Waals surface area contributed by atoms with Crippen LogP contribution in [0.2, 0.25) is 0 Å². The Morgan fingerprint density at radius 2 is 1.95 bits per heavy atom. The van der Waals surface area contributed by atoms with Crippen molar-refractivity contribution in [3.8, 4) is 10.8 Å². The molecule has 0 atom stereocenters. The lowest BCUT2D eigenvalue weighted by Crippen LogP contribution is -2.16. The molecule has 1 N–H and O–H groups in total. The van der Waals surface area contributed by atoms with Crippen molar-refractivity contribution in [2.75, 3.05) is 11.9 Å². The van der Waals surface area contributed by atoms with Crippen molar-refractivity contribution in [3.63, 3.8) is 0 Å². The molecule has 0 aliphatic carbocycles. The highest BCUT2D eigenvalue weighted by atomic mass is 32.1. The molecule has 2 aromatic rings. The van der Waals surface area contributed by atoms with Gasteiger partial charge < -0.3 is 5.32 Å². The van der Waals surface area contributed by atoms with Gasteiger partial charge in [0.1, 0.15) is 5.82 Å². The van der Waals surface area contributed by atoms with Gasteiger partial charge in [-0.05, 0) is 13.3 Å². The summed E-state index contributed by atoms with van der Waals surface area (Å²) in [6.07, 6.45) is 1.07. The lowest BCUT2D eigenvalue weighted by Gasteiger charge is -2.19. The lowest BCUT2D eigenvalue weighted by molar-refractivity contribution is 0.568. The van der Waals surface area contributed by atoms with Crippen LogP contribution in [0.15, 0.2) is 11.4 Å². The van der Waals surface area contributed by atoms with Gasteiger partial charge in [-0.15, -0.1) is 11.3 Å². The molecule has 0 aliphatic heterocycles. The molecule has 5 heteroatoms. The third kappa shape index (κ3) is 3.54. The largest absolute Gasteiger partial charge is 0.370 e. The van der Waals surface area contributed by atoms with Gasteiger partial charge in [-0.25, -0.2) is 15.0 Å². The molecule has 0 saturated heterocycles. The predicted molar refractivity (Wildman–Crippen MR) is 85.4 cm³/mol. The molecule has 0 fully saturated rings. The minimum Gasteiger partial charge on any atom is -0.370 e. The molecule has 0 unspecified atom stereocenters. The fourth-order valence-electron chi connectivity index (χ4n) is 1.73. The summed E-state index contributed by atoms with van der Waals surface area (Å²) >= 11 is 1.59. The first-order chi connectivity index (χ1) is 9.40. The summed E-state index contributed by atoms with van der Waals surface area (Å²) in [5.74, 6) is 1.60. The van der Waals surface area contributed by atoms with Gasteiger partial charge in [-0.1, -0.05) is 27.7 Å². The predicted octanol–water partition coefficient (Wildman–Crippen LogP) is 4.03. The first-order valence-electron chi connectivity index (χ1n) is 6.96. The molecule has 2 rings (SSSR count). The summed E-state index contributed by atoms with van der Waals surface area (Å²) in [7, 11) is 0. The van der Waals surface area contributed by atoms with Crippen LogP contribution in [0.25, 0.3) is 10.8 Å². The highest BCUT2D eigenvalue weighted by Gasteiger charge is 2.19. The normalized spacial score (nSPS) is 11.7. The number of thiazole rings is 1. The number of hydrogen-bond donors (Lipinski definition) is 1. The molecule has 0 saturated carbocycles. The van der Waals surface area contributed by atoms with E-state index >= 15 is 0 Å². The second kappa shape index (κ2) is 5.87. The van der Waals surface area contributed by atoms with Crippen LogP contribution in [-0.4, -0.2) is 21.5 Å². The highest BCUT2D eigenvalue weighted by Crippen LogP contribution is 2.27. The Balaban J connectivity index is 2.45. The van der Waals surface area contributed by atoms with E-state index in [1.54, 1.807) is 11.3 Å². The quantitative estimate of drug-likeness (QED) is 0.923. The van der Waals surface area contributed by atoms with Gasteiger partial charge in [0.25, 0.3) is 0 Å². The molecular formula is C15H22N4S. The van der Waals surface area contributed by atoms with E-state index in [2.05, 4.69) is 43.0 Å². The minimum atomic E-state index is -0.00730. The van der Waals surface area contributed by atoms with Gasteiger partial charge in [-0.2, -0.15) is 0 Å². The van der Waals surface area contributed by atoms with E-state index in [1.165, 1.54) is 0 Å². The Morgan fingerprint density at radius 3 is 2.50 bits per heavy atom. The summed E-state index contributed by atoms with van der Waals surface area (Å²) in [5, 5.41) is 6.26. The van der Waals surface area contributed by atoms with Gasteiger partial charge in [0.2, 0.25) is 0 Å². The second-order valence-corrected chi connectivity index (χ2v) is 6.79. The molecule has 2 heterocycles. The van der Waals surface area contributed by atoms with E-state index in [-0.39, 0.29) is 5.41 Å².